The van der Waals surface area contributed by atoms with Gasteiger partial charge in [0.15, 0.2) is 5.58 Å². The molecule has 1 atom stereocenters. The standard InChI is InChI=1S/C22H24N4O3/c1-14(2)13-17(21-24-15-7-3-4-8-16(15)25-21)23-20(27)11-12-26-18-9-5-6-10-19(18)29-22(26)28/h3-10,14,17H,11-13H2,1-2H3,(H,23,27)(H,24,25). The summed E-state index contributed by atoms with van der Waals surface area (Å²) >= 11 is 0. The van der Waals surface area contributed by atoms with Crippen molar-refractivity contribution >= 4 is 28.0 Å². The molecule has 1 unspecified atom stereocenters. The maximum atomic E-state index is 12.7. The molecule has 2 aromatic carbocycles. The summed E-state index contributed by atoms with van der Waals surface area (Å²) in [7, 11) is 0. The Hall–Kier alpha value is -3.35. The number of rotatable bonds is 7. The van der Waals surface area contributed by atoms with Crippen LogP contribution in [0.1, 0.15) is 38.6 Å². The van der Waals surface area contributed by atoms with E-state index in [2.05, 4.69) is 29.1 Å². The SMILES string of the molecule is CC(C)CC(NC(=O)CCn1c(=O)oc2ccccc21)c1nc2ccccc2[nH]1. The Morgan fingerprint density at radius 2 is 1.93 bits per heavy atom. The van der Waals surface area contributed by atoms with Gasteiger partial charge in [0.25, 0.3) is 0 Å². The molecule has 4 rings (SSSR count). The number of H-pyrrole nitrogens is 1. The Bertz CT molecular complexity index is 1170. The number of aryl methyl sites for hydroxylation is 1. The minimum absolute atomic E-state index is 0.131. The van der Waals surface area contributed by atoms with E-state index in [4.69, 9.17) is 4.42 Å². The second-order valence-corrected chi connectivity index (χ2v) is 7.63. The summed E-state index contributed by atoms with van der Waals surface area (Å²) in [6.07, 6.45) is 0.943. The van der Waals surface area contributed by atoms with Crippen molar-refractivity contribution in [3.63, 3.8) is 0 Å². The molecule has 0 saturated heterocycles. The molecule has 0 bridgehead atoms. The van der Waals surface area contributed by atoms with Gasteiger partial charge in [0.2, 0.25) is 5.91 Å². The first-order valence-corrected chi connectivity index (χ1v) is 9.83. The van der Waals surface area contributed by atoms with Crippen LogP contribution in [0.2, 0.25) is 0 Å². The molecule has 0 aliphatic heterocycles. The first-order valence-electron chi connectivity index (χ1n) is 9.83. The molecule has 0 saturated carbocycles. The molecule has 2 N–H and O–H groups in total. The third-order valence-electron chi connectivity index (χ3n) is 4.92. The molecular weight excluding hydrogens is 368 g/mol. The Morgan fingerprint density at radius 1 is 1.17 bits per heavy atom. The van der Waals surface area contributed by atoms with Crippen LogP contribution in [-0.2, 0) is 11.3 Å². The quantitative estimate of drug-likeness (QED) is 0.501. The average Bonchev–Trinajstić information content (AvgIpc) is 3.26. The van der Waals surface area contributed by atoms with Gasteiger partial charge in [-0.2, -0.15) is 0 Å². The van der Waals surface area contributed by atoms with Crippen LogP contribution in [0.5, 0.6) is 0 Å². The summed E-state index contributed by atoms with van der Waals surface area (Å²) in [4.78, 5) is 32.7. The van der Waals surface area contributed by atoms with E-state index in [1.807, 2.05) is 42.5 Å². The molecule has 1 amide bonds. The second-order valence-electron chi connectivity index (χ2n) is 7.63. The first kappa shape index (κ1) is 19.0. The fourth-order valence-corrected chi connectivity index (χ4v) is 3.55. The molecule has 2 heterocycles. The van der Waals surface area contributed by atoms with Gasteiger partial charge in [0.05, 0.1) is 22.6 Å². The number of oxazole rings is 1. The van der Waals surface area contributed by atoms with E-state index >= 15 is 0 Å². The molecule has 7 heteroatoms. The number of hydrogen-bond acceptors (Lipinski definition) is 4. The van der Waals surface area contributed by atoms with Gasteiger partial charge in [-0.25, -0.2) is 9.78 Å². The van der Waals surface area contributed by atoms with E-state index in [1.165, 1.54) is 4.57 Å². The first-order chi connectivity index (χ1) is 14.0. The van der Waals surface area contributed by atoms with Crippen molar-refractivity contribution < 1.29 is 9.21 Å². The average molecular weight is 392 g/mol. The van der Waals surface area contributed by atoms with Crippen molar-refractivity contribution in [2.24, 2.45) is 5.92 Å². The number of fused-ring (bicyclic) bond motifs is 2. The number of aromatic amines is 1. The molecule has 0 spiro atoms. The molecule has 0 aliphatic rings. The Morgan fingerprint density at radius 3 is 2.72 bits per heavy atom. The van der Waals surface area contributed by atoms with E-state index < -0.39 is 5.76 Å². The third kappa shape index (κ3) is 4.08. The Labute approximate surface area is 167 Å². The number of imidazole rings is 1. The fraction of sp³-hybridized carbons (Fsp3) is 0.318. The smallest absolute Gasteiger partial charge is 0.408 e. The van der Waals surface area contributed by atoms with E-state index in [1.54, 1.807) is 6.07 Å². The zero-order valence-corrected chi connectivity index (χ0v) is 16.5. The van der Waals surface area contributed by atoms with E-state index in [9.17, 15) is 9.59 Å². The number of benzene rings is 2. The lowest BCUT2D eigenvalue weighted by Gasteiger charge is -2.18. The molecule has 150 valence electrons. The largest absolute Gasteiger partial charge is 0.419 e. The van der Waals surface area contributed by atoms with E-state index in [-0.39, 0.29) is 24.9 Å². The summed E-state index contributed by atoms with van der Waals surface area (Å²) < 4.78 is 6.72. The van der Waals surface area contributed by atoms with Crippen LogP contribution in [0.4, 0.5) is 0 Å². The Balaban J connectivity index is 1.49. The topological polar surface area (TPSA) is 92.9 Å². The number of nitrogens with one attached hydrogen (secondary N) is 2. The fourth-order valence-electron chi connectivity index (χ4n) is 3.55. The van der Waals surface area contributed by atoms with Crippen molar-refractivity contribution in [2.45, 2.75) is 39.3 Å². The Kier molecular flexibility index (Phi) is 5.20. The lowest BCUT2D eigenvalue weighted by molar-refractivity contribution is -0.122. The second kappa shape index (κ2) is 7.95. The number of amides is 1. The van der Waals surface area contributed by atoms with Crippen molar-refractivity contribution in [2.75, 3.05) is 0 Å². The number of hydrogen-bond donors (Lipinski definition) is 2. The highest BCUT2D eigenvalue weighted by Crippen LogP contribution is 2.22. The van der Waals surface area contributed by atoms with Crippen LogP contribution in [0, 0.1) is 5.92 Å². The highest BCUT2D eigenvalue weighted by atomic mass is 16.4. The number of carbonyl (C=O) groups excluding carboxylic acids is 1. The molecule has 29 heavy (non-hydrogen) atoms. The molecule has 7 nitrogen and oxygen atoms in total. The number of aromatic nitrogens is 3. The maximum absolute atomic E-state index is 12.7. The predicted molar refractivity (Wildman–Crippen MR) is 112 cm³/mol. The van der Waals surface area contributed by atoms with Crippen LogP contribution in [0.3, 0.4) is 0 Å². The van der Waals surface area contributed by atoms with Crippen LogP contribution in [0.25, 0.3) is 22.1 Å². The zero-order chi connectivity index (χ0) is 20.4. The molecule has 0 fully saturated rings. The third-order valence-corrected chi connectivity index (χ3v) is 4.92. The highest BCUT2D eigenvalue weighted by molar-refractivity contribution is 5.78. The van der Waals surface area contributed by atoms with Gasteiger partial charge < -0.3 is 14.7 Å². The van der Waals surface area contributed by atoms with Gasteiger partial charge in [0.1, 0.15) is 5.82 Å². The lowest BCUT2D eigenvalue weighted by Crippen LogP contribution is -2.31. The van der Waals surface area contributed by atoms with Gasteiger partial charge in [0, 0.05) is 13.0 Å². The number of carbonyl (C=O) groups is 1. The number of para-hydroxylation sites is 4. The van der Waals surface area contributed by atoms with Crippen molar-refractivity contribution in [1.82, 2.24) is 19.9 Å². The molecule has 2 aromatic heterocycles. The van der Waals surface area contributed by atoms with Crippen molar-refractivity contribution in [1.29, 1.82) is 0 Å². The van der Waals surface area contributed by atoms with Gasteiger partial charge in [-0.15, -0.1) is 0 Å². The molecule has 4 aromatic rings. The maximum Gasteiger partial charge on any atom is 0.419 e. The van der Waals surface area contributed by atoms with E-state index in [0.717, 1.165) is 23.3 Å². The van der Waals surface area contributed by atoms with Crippen LogP contribution >= 0.6 is 0 Å². The summed E-state index contributed by atoms with van der Waals surface area (Å²) in [6, 6.07) is 14.8. The molecule has 0 aliphatic carbocycles. The minimum Gasteiger partial charge on any atom is -0.408 e. The van der Waals surface area contributed by atoms with Crippen LogP contribution in [0.15, 0.2) is 57.7 Å². The summed E-state index contributed by atoms with van der Waals surface area (Å²) in [5.41, 5.74) is 3.04. The van der Waals surface area contributed by atoms with Gasteiger partial charge in [-0.3, -0.25) is 9.36 Å². The summed E-state index contributed by atoms with van der Waals surface area (Å²) in [6.45, 7) is 4.48. The highest BCUT2D eigenvalue weighted by Gasteiger charge is 2.20. The normalized spacial score (nSPS) is 12.7. The number of nitrogens with zero attached hydrogens (tertiary/aromatic N) is 2. The summed E-state index contributed by atoms with van der Waals surface area (Å²) in [5, 5.41) is 3.08. The molecular formula is C22H24N4O3. The van der Waals surface area contributed by atoms with Crippen molar-refractivity contribution in [3.05, 3.63) is 64.9 Å². The van der Waals surface area contributed by atoms with E-state index in [0.29, 0.717) is 17.0 Å². The predicted octanol–water partition coefficient (Wildman–Crippen LogP) is 3.76. The minimum atomic E-state index is -0.449. The zero-order valence-electron chi connectivity index (χ0n) is 16.5. The van der Waals surface area contributed by atoms with Crippen LogP contribution < -0.4 is 11.1 Å². The van der Waals surface area contributed by atoms with Gasteiger partial charge in [-0.1, -0.05) is 38.1 Å². The molecule has 0 radical (unpaired) electrons. The summed E-state index contributed by atoms with van der Waals surface area (Å²) in [5.74, 6) is 0.552. The monoisotopic (exact) mass is 392 g/mol. The van der Waals surface area contributed by atoms with Crippen LogP contribution in [-0.4, -0.2) is 20.4 Å². The lowest BCUT2D eigenvalue weighted by atomic mass is 10.0. The van der Waals surface area contributed by atoms with Crippen molar-refractivity contribution in [3.8, 4) is 0 Å². The van der Waals surface area contributed by atoms with Gasteiger partial charge in [-0.05, 0) is 36.6 Å². The van der Waals surface area contributed by atoms with Gasteiger partial charge >= 0.3 is 5.76 Å².